The van der Waals surface area contributed by atoms with Crippen molar-refractivity contribution in [3.05, 3.63) is 29.8 Å². The molecule has 11 heteroatoms. The van der Waals surface area contributed by atoms with E-state index in [1.165, 1.54) is 12.1 Å². The first-order valence-electron chi connectivity index (χ1n) is 8.33. The van der Waals surface area contributed by atoms with E-state index in [1.54, 1.807) is 12.1 Å². The van der Waals surface area contributed by atoms with Crippen LogP contribution in [0.25, 0.3) is 0 Å². The van der Waals surface area contributed by atoms with E-state index in [9.17, 15) is 24.3 Å². The number of hydrogen-bond acceptors (Lipinski definition) is 7. The van der Waals surface area contributed by atoms with Gasteiger partial charge in [-0.2, -0.15) is 12.6 Å². The molecule has 0 unspecified atom stereocenters. The molecule has 0 heterocycles. The number of benzene rings is 1. The third-order valence-electron chi connectivity index (χ3n) is 3.81. The molecular formula is C17H23N3O7S. The lowest BCUT2D eigenvalue weighted by atomic mass is 10.0. The third-order valence-corrected chi connectivity index (χ3v) is 4.18. The molecule has 3 atom stereocenters. The van der Waals surface area contributed by atoms with Gasteiger partial charge in [-0.25, -0.2) is 4.79 Å². The first-order valence-corrected chi connectivity index (χ1v) is 8.97. The van der Waals surface area contributed by atoms with Gasteiger partial charge in [-0.05, 0) is 24.1 Å². The summed E-state index contributed by atoms with van der Waals surface area (Å²) in [5.74, 6) is -4.02. The molecule has 0 aliphatic carbocycles. The van der Waals surface area contributed by atoms with Gasteiger partial charge in [0.25, 0.3) is 0 Å². The molecule has 0 aliphatic rings. The van der Waals surface area contributed by atoms with Crippen molar-refractivity contribution in [1.82, 2.24) is 10.6 Å². The van der Waals surface area contributed by atoms with E-state index in [0.717, 1.165) is 0 Å². The number of carbonyl (C=O) groups excluding carboxylic acids is 2. The standard InChI is InChI=1S/C17H23N3O7S/c18-11(5-6-14(22)23)15(24)19-12(7-9-1-3-10(21)4-2-9)16(25)20-13(8-28)17(26)27/h1-4,11-13,21,28H,5-8,18H2,(H,19,24)(H,20,25)(H,22,23)(H,26,27)/t11-,12-,13-/m0/s1. The Hall–Kier alpha value is -2.79. The third kappa shape index (κ3) is 7.84. The van der Waals surface area contributed by atoms with Crippen LogP contribution >= 0.6 is 12.6 Å². The van der Waals surface area contributed by atoms with Gasteiger partial charge in [-0.15, -0.1) is 0 Å². The van der Waals surface area contributed by atoms with Gasteiger partial charge in [0.2, 0.25) is 11.8 Å². The zero-order chi connectivity index (χ0) is 21.3. The fourth-order valence-electron chi connectivity index (χ4n) is 2.22. The van der Waals surface area contributed by atoms with Crippen molar-refractivity contribution in [2.24, 2.45) is 5.73 Å². The lowest BCUT2D eigenvalue weighted by Crippen LogP contribution is -2.55. The highest BCUT2D eigenvalue weighted by molar-refractivity contribution is 7.80. The summed E-state index contributed by atoms with van der Waals surface area (Å²) in [4.78, 5) is 46.4. The second kappa shape index (κ2) is 11.1. The zero-order valence-electron chi connectivity index (χ0n) is 14.9. The molecule has 0 spiro atoms. The van der Waals surface area contributed by atoms with Crippen molar-refractivity contribution >= 4 is 36.4 Å². The number of phenols is 1. The number of aliphatic carboxylic acids is 2. The maximum absolute atomic E-state index is 12.5. The Morgan fingerprint density at radius 2 is 1.57 bits per heavy atom. The van der Waals surface area contributed by atoms with E-state index in [1.807, 2.05) is 0 Å². The summed E-state index contributed by atoms with van der Waals surface area (Å²) in [6, 6.07) is 2.33. The van der Waals surface area contributed by atoms with Crippen LogP contribution < -0.4 is 16.4 Å². The zero-order valence-corrected chi connectivity index (χ0v) is 15.8. The minimum Gasteiger partial charge on any atom is -0.508 e. The second-order valence-corrected chi connectivity index (χ2v) is 6.42. The summed E-state index contributed by atoms with van der Waals surface area (Å²) in [6.45, 7) is 0. The van der Waals surface area contributed by atoms with Gasteiger partial charge in [0.15, 0.2) is 0 Å². The molecule has 0 saturated carbocycles. The SMILES string of the molecule is N[C@@H](CCC(=O)O)C(=O)N[C@@H](Cc1ccc(O)cc1)C(=O)N[C@@H](CS)C(=O)O. The molecule has 0 radical (unpaired) electrons. The minimum absolute atomic E-state index is 0.00240. The summed E-state index contributed by atoms with van der Waals surface area (Å²) >= 11 is 3.87. The highest BCUT2D eigenvalue weighted by Crippen LogP contribution is 2.12. The van der Waals surface area contributed by atoms with E-state index in [-0.39, 0.29) is 30.8 Å². The van der Waals surface area contributed by atoms with Crippen LogP contribution in [0.1, 0.15) is 18.4 Å². The molecule has 7 N–H and O–H groups in total. The lowest BCUT2D eigenvalue weighted by Gasteiger charge is -2.22. The molecular weight excluding hydrogens is 390 g/mol. The molecule has 0 fully saturated rings. The highest BCUT2D eigenvalue weighted by atomic mass is 32.1. The number of rotatable bonds is 11. The van der Waals surface area contributed by atoms with E-state index >= 15 is 0 Å². The van der Waals surface area contributed by atoms with Crippen LogP contribution in [-0.2, 0) is 25.6 Å². The number of aromatic hydroxyl groups is 1. The molecule has 1 aromatic carbocycles. The van der Waals surface area contributed by atoms with E-state index in [0.29, 0.717) is 5.56 Å². The number of carboxylic acid groups (broad SMARTS) is 2. The first kappa shape index (κ1) is 23.2. The Labute approximate surface area is 166 Å². The number of carboxylic acids is 2. The number of carbonyl (C=O) groups is 4. The van der Waals surface area contributed by atoms with Crippen LogP contribution in [0.15, 0.2) is 24.3 Å². The molecule has 1 rings (SSSR count). The van der Waals surface area contributed by atoms with Gasteiger partial charge < -0.3 is 31.7 Å². The number of amides is 2. The van der Waals surface area contributed by atoms with Crippen molar-refractivity contribution in [3.63, 3.8) is 0 Å². The van der Waals surface area contributed by atoms with E-state index < -0.39 is 41.9 Å². The maximum Gasteiger partial charge on any atom is 0.327 e. The minimum atomic E-state index is -1.28. The molecule has 28 heavy (non-hydrogen) atoms. The molecule has 2 amide bonds. The molecule has 1 aromatic rings. The van der Waals surface area contributed by atoms with Crippen molar-refractivity contribution in [1.29, 1.82) is 0 Å². The number of phenolic OH excluding ortho intramolecular Hbond substituents is 1. The predicted molar refractivity (Wildman–Crippen MR) is 102 cm³/mol. The monoisotopic (exact) mass is 413 g/mol. The van der Waals surface area contributed by atoms with Crippen molar-refractivity contribution in [2.45, 2.75) is 37.4 Å². The molecule has 10 nitrogen and oxygen atoms in total. The number of nitrogens with two attached hydrogens (primary N) is 1. The Morgan fingerprint density at radius 3 is 2.07 bits per heavy atom. The molecule has 0 aromatic heterocycles. The van der Waals surface area contributed by atoms with Crippen molar-refractivity contribution in [3.8, 4) is 5.75 Å². The van der Waals surface area contributed by atoms with Gasteiger partial charge in [-0.3, -0.25) is 14.4 Å². The van der Waals surface area contributed by atoms with Crippen LogP contribution in [0.3, 0.4) is 0 Å². The Balaban J connectivity index is 2.91. The van der Waals surface area contributed by atoms with E-state index in [4.69, 9.17) is 15.9 Å². The maximum atomic E-state index is 12.5. The summed E-state index contributed by atoms with van der Waals surface area (Å²) in [5, 5.41) is 31.8. The van der Waals surface area contributed by atoms with E-state index in [2.05, 4.69) is 23.3 Å². The van der Waals surface area contributed by atoms with Gasteiger partial charge in [0, 0.05) is 18.6 Å². The summed E-state index contributed by atoms with van der Waals surface area (Å²) in [6.07, 6.45) is -0.435. The average Bonchev–Trinajstić information content (AvgIpc) is 2.64. The normalized spacial score (nSPS) is 13.8. The average molecular weight is 413 g/mol. The van der Waals surface area contributed by atoms with Gasteiger partial charge >= 0.3 is 11.9 Å². The molecule has 154 valence electrons. The molecule has 0 aliphatic heterocycles. The largest absolute Gasteiger partial charge is 0.508 e. The van der Waals surface area contributed by atoms with Crippen LogP contribution in [0.5, 0.6) is 5.75 Å². The Bertz CT molecular complexity index is 711. The van der Waals surface area contributed by atoms with Crippen LogP contribution in [0.2, 0.25) is 0 Å². The van der Waals surface area contributed by atoms with Crippen LogP contribution in [-0.4, -0.2) is 63.0 Å². The second-order valence-electron chi connectivity index (χ2n) is 6.05. The van der Waals surface area contributed by atoms with Gasteiger partial charge in [-0.1, -0.05) is 12.1 Å². The topological polar surface area (TPSA) is 179 Å². The number of nitrogens with one attached hydrogen (secondary N) is 2. The van der Waals surface area contributed by atoms with Crippen LogP contribution in [0.4, 0.5) is 0 Å². The smallest absolute Gasteiger partial charge is 0.327 e. The van der Waals surface area contributed by atoms with Gasteiger partial charge in [0.05, 0.1) is 6.04 Å². The lowest BCUT2D eigenvalue weighted by molar-refractivity contribution is -0.141. The first-order chi connectivity index (χ1) is 13.1. The Morgan fingerprint density at radius 1 is 1.00 bits per heavy atom. The molecule has 0 bridgehead atoms. The van der Waals surface area contributed by atoms with Crippen molar-refractivity contribution < 1.29 is 34.5 Å². The molecule has 0 saturated heterocycles. The van der Waals surface area contributed by atoms with Crippen LogP contribution in [0, 0.1) is 0 Å². The fourth-order valence-corrected chi connectivity index (χ4v) is 2.47. The van der Waals surface area contributed by atoms with Gasteiger partial charge in [0.1, 0.15) is 17.8 Å². The summed E-state index contributed by atoms with van der Waals surface area (Å²) < 4.78 is 0. The van der Waals surface area contributed by atoms with Crippen molar-refractivity contribution in [2.75, 3.05) is 5.75 Å². The Kier molecular flexibility index (Phi) is 9.25. The number of hydrogen-bond donors (Lipinski definition) is 7. The fraction of sp³-hybridized carbons (Fsp3) is 0.412. The summed E-state index contributed by atoms with van der Waals surface area (Å²) in [7, 11) is 0. The number of thiol groups is 1. The summed E-state index contributed by atoms with van der Waals surface area (Å²) in [5.41, 5.74) is 6.25. The highest BCUT2D eigenvalue weighted by Gasteiger charge is 2.27. The quantitative estimate of drug-likeness (QED) is 0.228. The predicted octanol–water partition coefficient (Wildman–Crippen LogP) is -0.889.